The summed E-state index contributed by atoms with van der Waals surface area (Å²) in [6.07, 6.45) is 3.81. The lowest BCUT2D eigenvalue weighted by atomic mass is 10.2. The maximum Gasteiger partial charge on any atom is 0.220 e. The van der Waals surface area contributed by atoms with Crippen LogP contribution in [0.2, 0.25) is 0 Å². The van der Waals surface area contributed by atoms with E-state index in [1.807, 2.05) is 60.7 Å². The minimum absolute atomic E-state index is 0.485. The van der Waals surface area contributed by atoms with Crippen molar-refractivity contribution in [1.82, 2.24) is 4.98 Å². The molecule has 0 aliphatic carbocycles. The van der Waals surface area contributed by atoms with Crippen LogP contribution in [0.15, 0.2) is 52.9 Å². The Balaban J connectivity index is 1.73. The van der Waals surface area contributed by atoms with E-state index in [0.29, 0.717) is 18.4 Å². The summed E-state index contributed by atoms with van der Waals surface area (Å²) in [6.45, 7) is 0.514. The second kappa shape index (κ2) is 6.46. The molecule has 2 aromatic carbocycles. The van der Waals surface area contributed by atoms with Crippen LogP contribution >= 0.6 is 11.6 Å². The van der Waals surface area contributed by atoms with Crippen LogP contribution in [0, 0.1) is 0 Å². The fourth-order valence-electron chi connectivity index (χ4n) is 1.96. The van der Waals surface area contributed by atoms with Crippen molar-refractivity contribution in [1.29, 1.82) is 0 Å². The molecule has 0 saturated carbocycles. The predicted molar refractivity (Wildman–Crippen MR) is 85.6 cm³/mol. The number of fused-ring (bicyclic) bond motifs is 1. The molecular formula is C17H14ClNO2. The van der Waals surface area contributed by atoms with Gasteiger partial charge >= 0.3 is 0 Å². The number of halogens is 1. The number of benzene rings is 2. The Labute approximate surface area is 127 Å². The van der Waals surface area contributed by atoms with Gasteiger partial charge in [-0.05, 0) is 35.9 Å². The Morgan fingerprint density at radius 1 is 1.05 bits per heavy atom. The van der Waals surface area contributed by atoms with Gasteiger partial charge in [0, 0.05) is 6.08 Å². The molecule has 0 unspecified atom stereocenters. The highest BCUT2D eigenvalue weighted by molar-refractivity contribution is 6.18. The lowest BCUT2D eigenvalue weighted by Gasteiger charge is -2.03. The number of aromatic nitrogens is 1. The van der Waals surface area contributed by atoms with Gasteiger partial charge in [-0.3, -0.25) is 0 Å². The molecule has 1 aromatic heterocycles. The number of hydrogen-bond acceptors (Lipinski definition) is 3. The number of oxazole rings is 1. The molecule has 0 spiro atoms. The molecule has 3 aromatic rings. The molecule has 0 aliphatic rings. The van der Waals surface area contributed by atoms with Gasteiger partial charge in [-0.25, -0.2) is 4.98 Å². The van der Waals surface area contributed by atoms with Gasteiger partial charge in [0.1, 0.15) is 17.9 Å². The maximum absolute atomic E-state index is 5.63. The summed E-state index contributed by atoms with van der Waals surface area (Å²) >= 11 is 5.58. The number of para-hydroxylation sites is 2. The lowest BCUT2D eigenvalue weighted by Crippen LogP contribution is -1.97. The number of rotatable bonds is 5. The van der Waals surface area contributed by atoms with Crippen LogP contribution in [0.3, 0.4) is 0 Å². The average Bonchev–Trinajstić information content (AvgIpc) is 2.95. The van der Waals surface area contributed by atoms with Crippen LogP contribution < -0.4 is 4.74 Å². The van der Waals surface area contributed by atoms with Crippen molar-refractivity contribution in [2.75, 3.05) is 12.5 Å². The Hall–Kier alpha value is -2.26. The fraction of sp³-hybridized carbons (Fsp3) is 0.118. The second-order valence-corrected chi connectivity index (χ2v) is 4.84. The van der Waals surface area contributed by atoms with Crippen LogP contribution in [0.5, 0.6) is 5.75 Å². The van der Waals surface area contributed by atoms with Crippen molar-refractivity contribution in [3.63, 3.8) is 0 Å². The largest absolute Gasteiger partial charge is 0.492 e. The van der Waals surface area contributed by atoms with Gasteiger partial charge in [-0.2, -0.15) is 0 Å². The Morgan fingerprint density at radius 3 is 2.62 bits per heavy atom. The van der Waals surface area contributed by atoms with E-state index in [9.17, 15) is 0 Å². The van der Waals surface area contributed by atoms with Crippen LogP contribution in [-0.2, 0) is 0 Å². The highest BCUT2D eigenvalue weighted by atomic mass is 35.5. The number of ether oxygens (including phenoxy) is 1. The lowest BCUT2D eigenvalue weighted by molar-refractivity contribution is 0.343. The van der Waals surface area contributed by atoms with E-state index in [2.05, 4.69) is 4.98 Å². The van der Waals surface area contributed by atoms with Crippen LogP contribution in [0.4, 0.5) is 0 Å². The standard InChI is InChI=1S/C17H14ClNO2/c18-11-12-20-14-8-5-13(6-9-14)7-10-17-19-15-3-1-2-4-16(15)21-17/h1-10H,11-12H2. The molecule has 4 heteroatoms. The zero-order chi connectivity index (χ0) is 14.5. The molecule has 1 heterocycles. The van der Waals surface area contributed by atoms with Gasteiger partial charge in [0.25, 0.3) is 0 Å². The molecule has 0 bridgehead atoms. The summed E-state index contributed by atoms with van der Waals surface area (Å²) in [5.41, 5.74) is 2.71. The summed E-state index contributed by atoms with van der Waals surface area (Å²) in [5, 5.41) is 0. The molecule has 3 nitrogen and oxygen atoms in total. The van der Waals surface area contributed by atoms with E-state index in [-0.39, 0.29) is 0 Å². The fourth-order valence-corrected chi connectivity index (χ4v) is 2.04. The highest BCUT2D eigenvalue weighted by Crippen LogP contribution is 2.18. The first-order valence-electron chi connectivity index (χ1n) is 6.67. The second-order valence-electron chi connectivity index (χ2n) is 4.46. The minimum atomic E-state index is 0.485. The molecule has 0 aliphatic heterocycles. The van der Waals surface area contributed by atoms with Gasteiger partial charge in [-0.1, -0.05) is 24.3 Å². The molecule has 3 rings (SSSR count). The molecule has 106 valence electrons. The average molecular weight is 300 g/mol. The third-order valence-electron chi connectivity index (χ3n) is 2.95. The van der Waals surface area contributed by atoms with Crippen molar-refractivity contribution in [3.05, 3.63) is 60.0 Å². The van der Waals surface area contributed by atoms with Crippen LogP contribution in [0.1, 0.15) is 11.5 Å². The van der Waals surface area contributed by atoms with Crippen molar-refractivity contribution in [3.8, 4) is 5.75 Å². The molecule has 0 fully saturated rings. The van der Waals surface area contributed by atoms with Gasteiger partial charge in [-0.15, -0.1) is 11.6 Å². The quantitative estimate of drug-likeness (QED) is 0.645. The Kier molecular flexibility index (Phi) is 4.22. The first-order valence-corrected chi connectivity index (χ1v) is 7.21. The van der Waals surface area contributed by atoms with Gasteiger partial charge < -0.3 is 9.15 Å². The molecule has 0 amide bonds. The number of hydrogen-bond donors (Lipinski definition) is 0. The summed E-state index contributed by atoms with van der Waals surface area (Å²) < 4.78 is 11.1. The van der Waals surface area contributed by atoms with Crippen molar-refractivity contribution in [2.24, 2.45) is 0 Å². The Bertz CT molecular complexity index is 714. The highest BCUT2D eigenvalue weighted by Gasteiger charge is 2.01. The van der Waals surface area contributed by atoms with E-state index in [0.717, 1.165) is 22.4 Å². The van der Waals surface area contributed by atoms with E-state index in [4.69, 9.17) is 20.8 Å². The van der Waals surface area contributed by atoms with E-state index in [1.54, 1.807) is 0 Å². The van der Waals surface area contributed by atoms with Gasteiger partial charge in [0.2, 0.25) is 5.89 Å². The van der Waals surface area contributed by atoms with Gasteiger partial charge in [0.05, 0.1) is 5.88 Å². The topological polar surface area (TPSA) is 35.3 Å². The van der Waals surface area contributed by atoms with Crippen molar-refractivity contribution < 1.29 is 9.15 Å². The van der Waals surface area contributed by atoms with E-state index in [1.165, 1.54) is 0 Å². The Morgan fingerprint density at radius 2 is 1.86 bits per heavy atom. The zero-order valence-corrected chi connectivity index (χ0v) is 12.1. The molecule has 21 heavy (non-hydrogen) atoms. The third-order valence-corrected chi connectivity index (χ3v) is 3.11. The molecule has 0 N–H and O–H groups in total. The normalized spacial score (nSPS) is 11.3. The summed E-state index contributed by atoms with van der Waals surface area (Å²) in [7, 11) is 0. The van der Waals surface area contributed by atoms with Crippen molar-refractivity contribution >= 4 is 34.9 Å². The molecule has 0 saturated heterocycles. The molecule has 0 radical (unpaired) electrons. The third kappa shape index (κ3) is 3.44. The SMILES string of the molecule is ClCCOc1ccc(C=Cc2nc3ccccc3o2)cc1. The number of alkyl halides is 1. The maximum atomic E-state index is 5.63. The van der Waals surface area contributed by atoms with E-state index < -0.39 is 0 Å². The summed E-state index contributed by atoms with van der Waals surface area (Å²) in [4.78, 5) is 4.39. The van der Waals surface area contributed by atoms with Gasteiger partial charge in [0.15, 0.2) is 5.58 Å². The predicted octanol–water partition coefficient (Wildman–Crippen LogP) is 4.62. The number of nitrogens with zero attached hydrogens (tertiary/aromatic N) is 1. The van der Waals surface area contributed by atoms with Crippen molar-refractivity contribution in [2.45, 2.75) is 0 Å². The first kappa shape index (κ1) is 13.7. The molecular weight excluding hydrogens is 286 g/mol. The summed E-state index contributed by atoms with van der Waals surface area (Å²) in [5.74, 6) is 1.90. The summed E-state index contributed by atoms with van der Waals surface area (Å²) in [6, 6.07) is 15.5. The minimum Gasteiger partial charge on any atom is -0.492 e. The monoisotopic (exact) mass is 299 g/mol. The zero-order valence-electron chi connectivity index (χ0n) is 11.3. The first-order chi connectivity index (χ1) is 10.3. The van der Waals surface area contributed by atoms with Crippen LogP contribution in [-0.4, -0.2) is 17.5 Å². The van der Waals surface area contributed by atoms with Crippen LogP contribution in [0.25, 0.3) is 23.3 Å². The van der Waals surface area contributed by atoms with E-state index >= 15 is 0 Å². The molecule has 0 atom stereocenters. The smallest absolute Gasteiger partial charge is 0.220 e.